The molecule has 0 aliphatic heterocycles. The Bertz CT molecular complexity index is 1230. The third-order valence-electron chi connectivity index (χ3n) is 4.30. The molecule has 160 valence electrons. The van der Waals surface area contributed by atoms with Crippen molar-refractivity contribution in [3.05, 3.63) is 60.1 Å². The molecule has 0 aliphatic rings. The van der Waals surface area contributed by atoms with Crippen molar-refractivity contribution in [3.63, 3.8) is 0 Å². The predicted octanol–water partition coefficient (Wildman–Crippen LogP) is 5.01. The van der Waals surface area contributed by atoms with E-state index < -0.39 is 0 Å². The van der Waals surface area contributed by atoms with Gasteiger partial charge in [-0.25, -0.2) is 4.98 Å². The van der Waals surface area contributed by atoms with Gasteiger partial charge in [-0.2, -0.15) is 9.78 Å². The number of terminal acetylenes is 1. The average Bonchev–Trinajstić information content (AvgIpc) is 2.74. The summed E-state index contributed by atoms with van der Waals surface area (Å²) in [5.41, 5.74) is 1.22. The van der Waals surface area contributed by atoms with Crippen LogP contribution in [-0.2, 0) is 6.42 Å². The number of aryl methyl sites for hydroxylation is 1. The van der Waals surface area contributed by atoms with E-state index in [2.05, 4.69) is 54.5 Å². The van der Waals surface area contributed by atoms with Gasteiger partial charge in [0.2, 0.25) is 0 Å². The third-order valence-corrected chi connectivity index (χ3v) is 5.60. The van der Waals surface area contributed by atoms with E-state index in [1.54, 1.807) is 12.3 Å². The summed E-state index contributed by atoms with van der Waals surface area (Å²) in [6.07, 6.45) is 8.42. The second-order valence-corrected chi connectivity index (χ2v) is 8.63. The Morgan fingerprint density at radius 2 is 2.10 bits per heavy atom. The first-order valence-corrected chi connectivity index (χ1v) is 11.6. The van der Waals surface area contributed by atoms with Crippen molar-refractivity contribution < 1.29 is 9.47 Å². The van der Waals surface area contributed by atoms with Gasteiger partial charge >= 0.3 is 0 Å². The second kappa shape index (κ2) is 10.8. The number of aromatic nitrogens is 2. The molecule has 0 radical (unpaired) electrons. The Labute approximate surface area is 202 Å². The lowest BCUT2D eigenvalue weighted by Gasteiger charge is -2.13. The number of ether oxygens (including phenoxy) is 2. The first-order valence-electron chi connectivity index (χ1n) is 9.76. The van der Waals surface area contributed by atoms with Crippen LogP contribution in [0.3, 0.4) is 0 Å². The summed E-state index contributed by atoms with van der Waals surface area (Å²) in [4.78, 5) is 17.8. The van der Waals surface area contributed by atoms with E-state index in [9.17, 15) is 4.79 Å². The summed E-state index contributed by atoms with van der Waals surface area (Å²) >= 11 is 5.58. The van der Waals surface area contributed by atoms with Crippen LogP contribution in [0.2, 0.25) is 0 Å². The van der Waals surface area contributed by atoms with Gasteiger partial charge in [-0.15, -0.1) is 6.42 Å². The maximum absolute atomic E-state index is 13.1. The molecule has 2 aromatic carbocycles. The van der Waals surface area contributed by atoms with Crippen molar-refractivity contribution in [2.24, 2.45) is 5.10 Å². The Hall–Kier alpha value is -2.38. The highest BCUT2D eigenvalue weighted by atomic mass is 127. The average molecular weight is 594 g/mol. The van der Waals surface area contributed by atoms with Crippen molar-refractivity contribution in [1.82, 2.24) is 9.66 Å². The molecule has 0 bridgehead atoms. The van der Waals surface area contributed by atoms with Crippen LogP contribution in [0, 0.1) is 15.9 Å². The third kappa shape index (κ3) is 5.46. The SMILES string of the molecule is C#CCOc1c(I)cc(C=Nn2c(CCC)nc3ccc(Br)cc3c2=O)cc1OCC. The van der Waals surface area contributed by atoms with Gasteiger partial charge in [0.25, 0.3) is 5.56 Å². The molecule has 0 atom stereocenters. The van der Waals surface area contributed by atoms with Gasteiger partial charge in [-0.3, -0.25) is 4.79 Å². The fourth-order valence-corrected chi connectivity index (χ4v) is 4.15. The summed E-state index contributed by atoms with van der Waals surface area (Å²) in [5, 5.41) is 4.99. The topological polar surface area (TPSA) is 65.7 Å². The maximum atomic E-state index is 13.1. The highest BCUT2D eigenvalue weighted by molar-refractivity contribution is 14.1. The van der Waals surface area contributed by atoms with E-state index in [0.717, 1.165) is 20.0 Å². The monoisotopic (exact) mass is 593 g/mol. The number of fused-ring (bicyclic) bond motifs is 1. The smallest absolute Gasteiger partial charge is 0.282 e. The molecule has 8 heteroatoms. The van der Waals surface area contributed by atoms with Crippen molar-refractivity contribution in [2.45, 2.75) is 26.7 Å². The standard InChI is InChI=1S/C23H21BrIN3O3/c1-4-7-21-27-19-9-8-16(24)13-17(19)23(29)28(21)26-14-15-11-18(25)22(31-10-5-2)20(12-15)30-6-3/h2,8-9,11-14H,4,6-7,10H2,1,3H3. The molecule has 6 nitrogen and oxygen atoms in total. The van der Waals surface area contributed by atoms with E-state index in [1.807, 2.05) is 38.1 Å². The molecule has 0 aliphatic carbocycles. The number of hydrogen-bond donors (Lipinski definition) is 0. The normalized spacial score (nSPS) is 11.1. The molecule has 0 spiro atoms. The minimum absolute atomic E-state index is 0.150. The van der Waals surface area contributed by atoms with E-state index in [-0.39, 0.29) is 12.2 Å². The van der Waals surface area contributed by atoms with Crippen LogP contribution >= 0.6 is 38.5 Å². The van der Waals surface area contributed by atoms with Gasteiger partial charge < -0.3 is 9.47 Å². The summed E-state index contributed by atoms with van der Waals surface area (Å²) in [5.74, 6) is 4.25. The van der Waals surface area contributed by atoms with Crippen LogP contribution in [0.15, 0.2) is 44.7 Å². The van der Waals surface area contributed by atoms with Gasteiger partial charge in [0.1, 0.15) is 12.4 Å². The molecule has 0 saturated heterocycles. The van der Waals surface area contributed by atoms with Crippen molar-refractivity contribution in [1.29, 1.82) is 0 Å². The van der Waals surface area contributed by atoms with Crippen LogP contribution in [0.4, 0.5) is 0 Å². The van der Waals surface area contributed by atoms with Gasteiger partial charge in [0, 0.05) is 10.9 Å². The molecule has 0 unspecified atom stereocenters. The van der Waals surface area contributed by atoms with Crippen molar-refractivity contribution >= 4 is 55.6 Å². The molecular formula is C23H21BrIN3O3. The Balaban J connectivity index is 2.08. The zero-order valence-electron chi connectivity index (χ0n) is 17.2. The lowest BCUT2D eigenvalue weighted by molar-refractivity contribution is 0.298. The number of hydrogen-bond acceptors (Lipinski definition) is 5. The highest BCUT2D eigenvalue weighted by Gasteiger charge is 2.13. The fraction of sp³-hybridized carbons (Fsp3) is 0.261. The second-order valence-electron chi connectivity index (χ2n) is 6.56. The minimum Gasteiger partial charge on any atom is -0.490 e. The molecule has 1 heterocycles. The van der Waals surface area contributed by atoms with Gasteiger partial charge in [0.15, 0.2) is 11.5 Å². The predicted molar refractivity (Wildman–Crippen MR) is 135 cm³/mol. The van der Waals surface area contributed by atoms with Crippen LogP contribution < -0.4 is 15.0 Å². The Kier molecular flexibility index (Phi) is 8.09. The van der Waals surface area contributed by atoms with Gasteiger partial charge in [0.05, 0.1) is 27.3 Å². The summed E-state index contributed by atoms with van der Waals surface area (Å²) in [6.45, 7) is 4.57. The van der Waals surface area contributed by atoms with Crippen LogP contribution in [0.5, 0.6) is 11.5 Å². The zero-order chi connectivity index (χ0) is 22.4. The Morgan fingerprint density at radius 1 is 1.29 bits per heavy atom. The molecule has 0 N–H and O–H groups in total. The first kappa shape index (κ1) is 23.3. The highest BCUT2D eigenvalue weighted by Crippen LogP contribution is 2.33. The minimum atomic E-state index is -0.209. The van der Waals surface area contributed by atoms with E-state index in [0.29, 0.717) is 41.3 Å². The maximum Gasteiger partial charge on any atom is 0.282 e. The first-order chi connectivity index (χ1) is 15.0. The number of rotatable bonds is 8. The number of nitrogens with zero attached hydrogens (tertiary/aromatic N) is 3. The summed E-state index contributed by atoms with van der Waals surface area (Å²) in [6, 6.07) is 9.18. The van der Waals surface area contributed by atoms with E-state index in [1.165, 1.54) is 4.68 Å². The van der Waals surface area contributed by atoms with Crippen LogP contribution in [0.25, 0.3) is 10.9 Å². The van der Waals surface area contributed by atoms with Crippen molar-refractivity contribution in [2.75, 3.05) is 13.2 Å². The fourth-order valence-electron chi connectivity index (χ4n) is 3.00. The van der Waals surface area contributed by atoms with Crippen molar-refractivity contribution in [3.8, 4) is 23.8 Å². The molecule has 0 fully saturated rings. The van der Waals surface area contributed by atoms with E-state index >= 15 is 0 Å². The lowest BCUT2D eigenvalue weighted by atomic mass is 10.2. The van der Waals surface area contributed by atoms with E-state index in [4.69, 9.17) is 15.9 Å². The molecule has 3 rings (SSSR count). The Morgan fingerprint density at radius 3 is 2.81 bits per heavy atom. The molecule has 0 saturated carbocycles. The molecule has 1 aromatic heterocycles. The van der Waals surface area contributed by atoms with Gasteiger partial charge in [-0.05, 0) is 71.8 Å². The molecule has 31 heavy (non-hydrogen) atoms. The molecule has 0 amide bonds. The van der Waals surface area contributed by atoms with Gasteiger partial charge in [-0.1, -0.05) is 28.8 Å². The number of halogens is 2. The van der Waals surface area contributed by atoms with Crippen LogP contribution in [0.1, 0.15) is 31.7 Å². The summed E-state index contributed by atoms with van der Waals surface area (Å²) in [7, 11) is 0. The van der Waals surface area contributed by atoms with Crippen LogP contribution in [-0.4, -0.2) is 29.1 Å². The lowest BCUT2D eigenvalue weighted by Crippen LogP contribution is -2.22. The number of benzene rings is 2. The molecule has 3 aromatic rings. The zero-order valence-corrected chi connectivity index (χ0v) is 20.9. The summed E-state index contributed by atoms with van der Waals surface area (Å²) < 4.78 is 14.4. The molecular weight excluding hydrogens is 573 g/mol. The quantitative estimate of drug-likeness (QED) is 0.209. The largest absolute Gasteiger partial charge is 0.490 e.